The van der Waals surface area contributed by atoms with Crippen LogP contribution in [0.5, 0.6) is 5.75 Å². The van der Waals surface area contributed by atoms with Crippen molar-refractivity contribution in [2.45, 2.75) is 18.8 Å². The lowest BCUT2D eigenvalue weighted by Gasteiger charge is -2.31. The maximum atomic E-state index is 14.1. The third kappa shape index (κ3) is 5.68. The highest BCUT2D eigenvalue weighted by molar-refractivity contribution is 7.09. The number of benzene rings is 2. The van der Waals surface area contributed by atoms with Gasteiger partial charge in [0.15, 0.2) is 0 Å². The van der Waals surface area contributed by atoms with Crippen molar-refractivity contribution in [3.8, 4) is 5.75 Å². The van der Waals surface area contributed by atoms with Gasteiger partial charge in [0.05, 0.1) is 27.2 Å². The predicted octanol–water partition coefficient (Wildman–Crippen LogP) is 5.42. The van der Waals surface area contributed by atoms with Gasteiger partial charge in [0, 0.05) is 24.4 Å². The summed E-state index contributed by atoms with van der Waals surface area (Å²) in [5.41, 5.74) is 0.267. The van der Waals surface area contributed by atoms with Crippen LogP contribution in [0.3, 0.4) is 0 Å². The number of amides is 2. The number of carbonyl (C=O) groups is 2. The van der Waals surface area contributed by atoms with Crippen molar-refractivity contribution in [2.24, 2.45) is 0 Å². The smallest absolute Gasteiger partial charge is 0.270 e. The van der Waals surface area contributed by atoms with Crippen LogP contribution in [-0.2, 0) is 0 Å². The highest BCUT2D eigenvalue weighted by Crippen LogP contribution is 2.32. The number of carbonyl (C=O) groups excluding carboxylic acids is 2. The van der Waals surface area contributed by atoms with Crippen molar-refractivity contribution in [1.82, 2.24) is 15.2 Å². The Morgan fingerprint density at radius 2 is 1.85 bits per heavy atom. The maximum absolute atomic E-state index is 14.1. The van der Waals surface area contributed by atoms with Gasteiger partial charge in [0.2, 0.25) is 0 Å². The summed E-state index contributed by atoms with van der Waals surface area (Å²) in [5.74, 6) is -0.592. The number of nitrogens with one attached hydrogen (secondary N) is 1. The Morgan fingerprint density at radius 1 is 1.12 bits per heavy atom. The van der Waals surface area contributed by atoms with Gasteiger partial charge in [0.1, 0.15) is 23.9 Å². The van der Waals surface area contributed by atoms with E-state index in [1.807, 2.05) is 12.1 Å². The summed E-state index contributed by atoms with van der Waals surface area (Å²) in [6, 6.07) is 11.4. The number of rotatable bonds is 7. The van der Waals surface area contributed by atoms with Gasteiger partial charge in [-0.25, -0.2) is 9.37 Å². The van der Waals surface area contributed by atoms with Crippen LogP contribution in [0.2, 0.25) is 10.0 Å². The molecule has 1 aliphatic heterocycles. The van der Waals surface area contributed by atoms with Gasteiger partial charge in [0.25, 0.3) is 11.8 Å². The van der Waals surface area contributed by atoms with Crippen molar-refractivity contribution in [3.05, 3.63) is 80.0 Å². The average molecular weight is 522 g/mol. The van der Waals surface area contributed by atoms with Crippen molar-refractivity contribution in [2.75, 3.05) is 26.2 Å². The number of aromatic nitrogens is 1. The normalized spacial score (nSPS) is 14.1. The first-order valence-corrected chi connectivity index (χ1v) is 12.4. The molecule has 0 saturated carbocycles. The summed E-state index contributed by atoms with van der Waals surface area (Å²) >= 11 is 13.5. The van der Waals surface area contributed by atoms with Crippen LogP contribution in [0.25, 0.3) is 0 Å². The van der Waals surface area contributed by atoms with Crippen LogP contribution in [0.15, 0.2) is 47.8 Å². The number of ether oxygens (including phenoxy) is 1. The van der Waals surface area contributed by atoms with E-state index >= 15 is 0 Å². The molecule has 1 fully saturated rings. The highest BCUT2D eigenvalue weighted by atomic mass is 35.5. The molecule has 2 amide bonds. The fourth-order valence-corrected chi connectivity index (χ4v) is 5.15. The second kappa shape index (κ2) is 11.2. The van der Waals surface area contributed by atoms with E-state index in [2.05, 4.69) is 10.3 Å². The summed E-state index contributed by atoms with van der Waals surface area (Å²) < 4.78 is 19.7. The Hall–Kier alpha value is -2.68. The molecule has 0 atom stereocenters. The third-order valence-corrected chi connectivity index (χ3v) is 7.18. The molecule has 34 heavy (non-hydrogen) atoms. The molecule has 0 spiro atoms. The second-order valence-electron chi connectivity index (χ2n) is 7.77. The fourth-order valence-electron chi connectivity index (χ4n) is 3.75. The van der Waals surface area contributed by atoms with Crippen molar-refractivity contribution in [1.29, 1.82) is 0 Å². The van der Waals surface area contributed by atoms with Gasteiger partial charge in [-0.05, 0) is 37.1 Å². The molecule has 2 aromatic carbocycles. The van der Waals surface area contributed by atoms with E-state index in [9.17, 15) is 14.0 Å². The lowest BCUT2D eigenvalue weighted by Crippen LogP contribution is -2.38. The number of likely N-dealkylation sites (tertiary alicyclic amines) is 1. The largest absolute Gasteiger partial charge is 0.490 e. The molecule has 2 heterocycles. The summed E-state index contributed by atoms with van der Waals surface area (Å²) in [6.45, 7) is 1.53. The number of hydrogen-bond donors (Lipinski definition) is 1. The molecule has 0 aliphatic carbocycles. The van der Waals surface area contributed by atoms with E-state index in [1.165, 1.54) is 29.5 Å². The standard InChI is InChI=1S/C24H22Cl2FN3O3S/c25-16-4-1-2-7-20(16)33-13-10-28-22(31)19-14-34-23(29-19)15-8-11-30(12-9-15)24(32)21-17(26)5-3-6-18(21)27/h1-7,14-15H,8-13H2,(H,28,31). The first-order valence-electron chi connectivity index (χ1n) is 10.8. The minimum Gasteiger partial charge on any atom is -0.490 e. The van der Waals surface area contributed by atoms with E-state index in [0.29, 0.717) is 48.9 Å². The van der Waals surface area contributed by atoms with Gasteiger partial charge in [-0.15, -0.1) is 11.3 Å². The SMILES string of the molecule is O=C(NCCOc1ccccc1Cl)c1csc(C2CCN(C(=O)c3c(F)cccc3Cl)CC2)n1. The number of para-hydroxylation sites is 1. The van der Waals surface area contributed by atoms with E-state index in [-0.39, 0.29) is 29.0 Å². The maximum Gasteiger partial charge on any atom is 0.270 e. The predicted molar refractivity (Wildman–Crippen MR) is 131 cm³/mol. The monoisotopic (exact) mass is 521 g/mol. The highest BCUT2D eigenvalue weighted by Gasteiger charge is 2.29. The molecule has 0 bridgehead atoms. The van der Waals surface area contributed by atoms with Gasteiger partial charge in [-0.1, -0.05) is 41.4 Å². The Bertz CT molecular complexity index is 1160. The Balaban J connectivity index is 1.26. The molecule has 6 nitrogen and oxygen atoms in total. The van der Waals surface area contributed by atoms with Gasteiger partial charge in [-0.2, -0.15) is 0 Å². The van der Waals surface area contributed by atoms with Crippen LogP contribution in [-0.4, -0.2) is 47.9 Å². The third-order valence-electron chi connectivity index (χ3n) is 5.54. The van der Waals surface area contributed by atoms with Gasteiger partial charge >= 0.3 is 0 Å². The molecule has 0 unspecified atom stereocenters. The second-order valence-corrected chi connectivity index (χ2v) is 9.47. The quantitative estimate of drug-likeness (QED) is 0.421. The van der Waals surface area contributed by atoms with Crippen LogP contribution in [0.4, 0.5) is 4.39 Å². The first-order chi connectivity index (χ1) is 16.4. The Morgan fingerprint density at radius 3 is 2.59 bits per heavy atom. The summed E-state index contributed by atoms with van der Waals surface area (Å²) in [5, 5.41) is 6.01. The lowest BCUT2D eigenvalue weighted by atomic mass is 9.97. The molecule has 1 N–H and O–H groups in total. The average Bonchev–Trinajstić information content (AvgIpc) is 3.33. The summed E-state index contributed by atoms with van der Waals surface area (Å²) in [7, 11) is 0. The number of halogens is 3. The number of piperidine rings is 1. The van der Waals surface area contributed by atoms with Crippen molar-refractivity contribution < 1.29 is 18.7 Å². The van der Waals surface area contributed by atoms with E-state index in [4.69, 9.17) is 27.9 Å². The summed E-state index contributed by atoms with van der Waals surface area (Å²) in [6.07, 6.45) is 1.36. The Labute approximate surface area is 210 Å². The number of hydrogen-bond acceptors (Lipinski definition) is 5. The molecule has 4 rings (SSSR count). The molecule has 10 heteroatoms. The van der Waals surface area contributed by atoms with Crippen LogP contribution in [0, 0.1) is 5.82 Å². The van der Waals surface area contributed by atoms with Gasteiger partial charge < -0.3 is 15.0 Å². The zero-order chi connectivity index (χ0) is 24.1. The van der Waals surface area contributed by atoms with Crippen LogP contribution < -0.4 is 10.1 Å². The minimum absolute atomic E-state index is 0.0886. The van der Waals surface area contributed by atoms with E-state index in [0.717, 1.165) is 5.01 Å². The van der Waals surface area contributed by atoms with Gasteiger partial charge in [-0.3, -0.25) is 9.59 Å². The summed E-state index contributed by atoms with van der Waals surface area (Å²) in [4.78, 5) is 31.3. The Kier molecular flexibility index (Phi) is 8.03. The molecule has 3 aromatic rings. The number of thiazole rings is 1. The molecular formula is C24H22Cl2FN3O3S. The van der Waals surface area contributed by atoms with E-state index < -0.39 is 11.7 Å². The van der Waals surface area contributed by atoms with Crippen molar-refractivity contribution >= 4 is 46.4 Å². The molecule has 1 saturated heterocycles. The molecular weight excluding hydrogens is 500 g/mol. The number of nitrogens with zero attached hydrogens (tertiary/aromatic N) is 2. The first kappa shape index (κ1) is 24.4. The molecule has 1 aromatic heterocycles. The molecule has 178 valence electrons. The van der Waals surface area contributed by atoms with Crippen molar-refractivity contribution in [3.63, 3.8) is 0 Å². The van der Waals surface area contributed by atoms with Crippen LogP contribution >= 0.6 is 34.5 Å². The topological polar surface area (TPSA) is 71.5 Å². The molecule has 1 aliphatic rings. The fraction of sp³-hybridized carbons (Fsp3) is 0.292. The van der Waals surface area contributed by atoms with E-state index in [1.54, 1.807) is 22.4 Å². The van der Waals surface area contributed by atoms with Crippen LogP contribution in [0.1, 0.15) is 44.6 Å². The zero-order valence-electron chi connectivity index (χ0n) is 18.1. The zero-order valence-corrected chi connectivity index (χ0v) is 20.4. The minimum atomic E-state index is -0.618. The lowest BCUT2D eigenvalue weighted by molar-refractivity contribution is 0.0708. The molecule has 0 radical (unpaired) electrons.